The van der Waals surface area contributed by atoms with E-state index in [9.17, 15) is 9.59 Å². The van der Waals surface area contributed by atoms with Crippen molar-refractivity contribution in [2.24, 2.45) is 11.1 Å². The summed E-state index contributed by atoms with van der Waals surface area (Å²) in [7, 11) is 0. The summed E-state index contributed by atoms with van der Waals surface area (Å²) in [6.07, 6.45) is 1.14. The van der Waals surface area contributed by atoms with Crippen molar-refractivity contribution in [1.82, 2.24) is 10.2 Å². The van der Waals surface area contributed by atoms with E-state index in [4.69, 9.17) is 5.73 Å². The first-order valence-electron chi connectivity index (χ1n) is 5.60. The molecule has 0 spiro atoms. The fourth-order valence-electron chi connectivity index (χ4n) is 1.67. The van der Waals surface area contributed by atoms with E-state index < -0.39 is 11.9 Å². The van der Waals surface area contributed by atoms with Crippen LogP contribution in [0.4, 0.5) is 0 Å². The Bertz CT molecular complexity index is 283. The number of amides is 2. The van der Waals surface area contributed by atoms with Crippen LogP contribution in [0.3, 0.4) is 0 Å². The van der Waals surface area contributed by atoms with Gasteiger partial charge in [0.1, 0.15) is 0 Å². The van der Waals surface area contributed by atoms with Gasteiger partial charge in [0, 0.05) is 6.54 Å². The molecule has 3 N–H and O–H groups in total. The molecule has 0 aromatic heterocycles. The smallest absolute Gasteiger partial charge is 0.235 e. The van der Waals surface area contributed by atoms with Gasteiger partial charge in [-0.1, -0.05) is 20.8 Å². The van der Waals surface area contributed by atoms with Crippen LogP contribution >= 0.6 is 0 Å². The minimum Gasteiger partial charge on any atom is -0.368 e. The molecule has 5 nitrogen and oxygen atoms in total. The zero-order valence-corrected chi connectivity index (χ0v) is 10.2. The van der Waals surface area contributed by atoms with Gasteiger partial charge >= 0.3 is 0 Å². The van der Waals surface area contributed by atoms with Crippen molar-refractivity contribution >= 4 is 11.8 Å². The molecule has 1 rings (SSSR count). The van der Waals surface area contributed by atoms with Crippen molar-refractivity contribution in [2.45, 2.75) is 39.7 Å². The summed E-state index contributed by atoms with van der Waals surface area (Å²) in [4.78, 5) is 24.4. The second kappa shape index (κ2) is 4.82. The molecule has 0 aromatic carbocycles. The van der Waals surface area contributed by atoms with E-state index in [1.54, 1.807) is 0 Å². The highest BCUT2D eigenvalue weighted by molar-refractivity contribution is 5.88. The number of hydrogen-bond donors (Lipinski definition) is 2. The largest absolute Gasteiger partial charge is 0.368 e. The van der Waals surface area contributed by atoms with Gasteiger partial charge in [-0.2, -0.15) is 0 Å². The predicted octanol–water partition coefficient (Wildman–Crippen LogP) is 0.0559. The molecule has 0 aliphatic carbocycles. The first-order valence-corrected chi connectivity index (χ1v) is 5.60. The molecule has 0 bridgehead atoms. The number of nitrogens with two attached hydrogens (primary N) is 1. The number of hydrogen-bond acceptors (Lipinski definition) is 3. The molecular formula is C11H21N3O2. The van der Waals surface area contributed by atoms with Crippen LogP contribution in [0.2, 0.25) is 0 Å². The third-order valence-corrected chi connectivity index (χ3v) is 2.78. The first kappa shape index (κ1) is 13.0. The summed E-state index contributed by atoms with van der Waals surface area (Å²) in [6, 6.07) is -0.448. The molecule has 1 atom stereocenters. The van der Waals surface area contributed by atoms with Gasteiger partial charge in [0.2, 0.25) is 11.8 Å². The molecule has 92 valence electrons. The number of carbonyl (C=O) groups is 2. The lowest BCUT2D eigenvalue weighted by Crippen LogP contribution is -2.56. The molecule has 5 heteroatoms. The average molecular weight is 227 g/mol. The van der Waals surface area contributed by atoms with Crippen LogP contribution in [-0.2, 0) is 9.59 Å². The van der Waals surface area contributed by atoms with E-state index in [1.165, 1.54) is 0 Å². The minimum absolute atomic E-state index is 0.101. The van der Waals surface area contributed by atoms with Crippen LogP contribution in [0, 0.1) is 5.41 Å². The Morgan fingerprint density at radius 2 is 2.19 bits per heavy atom. The summed E-state index contributed by atoms with van der Waals surface area (Å²) in [5, 5.41) is 2.73. The highest BCUT2D eigenvalue weighted by Gasteiger charge is 2.31. The minimum atomic E-state index is -0.448. The molecule has 2 amide bonds. The van der Waals surface area contributed by atoms with Gasteiger partial charge in [-0.3, -0.25) is 14.5 Å². The molecule has 0 aromatic rings. The van der Waals surface area contributed by atoms with E-state index in [-0.39, 0.29) is 17.7 Å². The Morgan fingerprint density at radius 3 is 2.69 bits per heavy atom. The van der Waals surface area contributed by atoms with Crippen molar-refractivity contribution in [2.75, 3.05) is 13.2 Å². The van der Waals surface area contributed by atoms with Crippen molar-refractivity contribution in [3.8, 4) is 0 Å². The number of nitrogens with one attached hydrogen (secondary N) is 1. The summed E-state index contributed by atoms with van der Waals surface area (Å²) < 4.78 is 0. The van der Waals surface area contributed by atoms with Crippen molar-refractivity contribution < 1.29 is 9.59 Å². The third-order valence-electron chi connectivity index (χ3n) is 2.78. The van der Waals surface area contributed by atoms with Crippen molar-refractivity contribution in [3.05, 3.63) is 0 Å². The summed E-state index contributed by atoms with van der Waals surface area (Å²) in [5.74, 6) is -0.514. The van der Waals surface area contributed by atoms with E-state index in [1.807, 2.05) is 4.90 Å². The van der Waals surface area contributed by atoms with Crippen molar-refractivity contribution in [3.63, 3.8) is 0 Å². The normalized spacial score (nSPS) is 22.9. The monoisotopic (exact) mass is 227 g/mol. The Kier molecular flexibility index (Phi) is 3.91. The number of nitrogens with zero attached hydrogens (tertiary/aromatic N) is 1. The molecule has 1 unspecified atom stereocenters. The van der Waals surface area contributed by atoms with Gasteiger partial charge in [0.15, 0.2) is 0 Å². The first-order chi connectivity index (χ1) is 7.29. The highest BCUT2D eigenvalue weighted by Crippen LogP contribution is 2.20. The van der Waals surface area contributed by atoms with Gasteiger partial charge in [-0.05, 0) is 11.8 Å². The van der Waals surface area contributed by atoms with Gasteiger partial charge in [-0.25, -0.2) is 0 Å². The molecule has 1 saturated heterocycles. The summed E-state index contributed by atoms with van der Waals surface area (Å²) in [6.45, 7) is 7.64. The van der Waals surface area contributed by atoms with Crippen LogP contribution in [0.5, 0.6) is 0 Å². The Balaban J connectivity index is 2.56. The number of carbonyl (C=O) groups excluding carboxylic acids is 2. The van der Waals surface area contributed by atoms with Crippen LogP contribution < -0.4 is 11.1 Å². The van der Waals surface area contributed by atoms with E-state index in [2.05, 4.69) is 26.1 Å². The van der Waals surface area contributed by atoms with Crippen molar-refractivity contribution in [1.29, 1.82) is 0 Å². The maximum atomic E-state index is 11.2. The van der Waals surface area contributed by atoms with E-state index in [0.717, 1.165) is 13.0 Å². The van der Waals surface area contributed by atoms with Gasteiger partial charge in [-0.15, -0.1) is 0 Å². The molecule has 0 radical (unpaired) electrons. The van der Waals surface area contributed by atoms with Gasteiger partial charge in [0.25, 0.3) is 0 Å². The molecule has 1 fully saturated rings. The van der Waals surface area contributed by atoms with Crippen LogP contribution in [0.1, 0.15) is 33.6 Å². The Morgan fingerprint density at radius 1 is 1.56 bits per heavy atom. The van der Waals surface area contributed by atoms with Gasteiger partial charge < -0.3 is 11.1 Å². The predicted molar refractivity (Wildman–Crippen MR) is 61.4 cm³/mol. The fraction of sp³-hybridized carbons (Fsp3) is 0.818. The molecule has 16 heavy (non-hydrogen) atoms. The van der Waals surface area contributed by atoms with Crippen LogP contribution in [-0.4, -0.2) is 36.0 Å². The molecule has 1 aliphatic heterocycles. The van der Waals surface area contributed by atoms with E-state index in [0.29, 0.717) is 6.67 Å². The topological polar surface area (TPSA) is 75.4 Å². The SMILES string of the molecule is CC(C)(C)CCN1CNC(=O)CC1C(N)=O. The lowest BCUT2D eigenvalue weighted by atomic mass is 9.91. The summed E-state index contributed by atoms with van der Waals surface area (Å²) >= 11 is 0. The quantitative estimate of drug-likeness (QED) is 0.715. The van der Waals surface area contributed by atoms with Crippen LogP contribution in [0.25, 0.3) is 0 Å². The van der Waals surface area contributed by atoms with E-state index >= 15 is 0 Å². The standard InChI is InChI=1S/C11H21N3O2/c1-11(2,3)4-5-14-7-13-9(15)6-8(14)10(12)16/h8H,4-7H2,1-3H3,(H2,12,16)(H,13,15). The lowest BCUT2D eigenvalue weighted by Gasteiger charge is -2.35. The second-order valence-corrected chi connectivity index (χ2v) is 5.50. The molecular weight excluding hydrogens is 206 g/mol. The Labute approximate surface area is 96.4 Å². The Hall–Kier alpha value is -1.10. The molecule has 1 heterocycles. The number of rotatable bonds is 3. The van der Waals surface area contributed by atoms with Crippen LogP contribution in [0.15, 0.2) is 0 Å². The fourth-order valence-corrected chi connectivity index (χ4v) is 1.67. The third kappa shape index (κ3) is 3.81. The number of primary amides is 1. The summed E-state index contributed by atoms with van der Waals surface area (Å²) in [5.41, 5.74) is 5.51. The van der Waals surface area contributed by atoms with Gasteiger partial charge in [0.05, 0.1) is 19.1 Å². The second-order valence-electron chi connectivity index (χ2n) is 5.50. The highest BCUT2D eigenvalue weighted by atomic mass is 16.2. The molecule has 1 aliphatic rings. The maximum Gasteiger partial charge on any atom is 0.235 e. The zero-order valence-electron chi connectivity index (χ0n) is 10.2. The zero-order chi connectivity index (χ0) is 12.3. The average Bonchev–Trinajstić information content (AvgIpc) is 2.14. The maximum absolute atomic E-state index is 11.2. The molecule has 0 saturated carbocycles. The lowest BCUT2D eigenvalue weighted by molar-refractivity contribution is -0.134.